The van der Waals surface area contributed by atoms with E-state index in [9.17, 15) is 4.79 Å². The molecule has 1 fully saturated rings. The summed E-state index contributed by atoms with van der Waals surface area (Å²) in [5.41, 5.74) is 0. The van der Waals surface area contributed by atoms with Crippen LogP contribution in [0, 0.1) is 0 Å². The number of morpholine rings is 1. The van der Waals surface area contributed by atoms with E-state index in [1.165, 1.54) is 4.88 Å². The Labute approximate surface area is 106 Å². The van der Waals surface area contributed by atoms with Gasteiger partial charge >= 0.3 is 0 Å². The van der Waals surface area contributed by atoms with Gasteiger partial charge in [-0.05, 0) is 18.4 Å². The Kier molecular flexibility index (Phi) is 4.53. The summed E-state index contributed by atoms with van der Waals surface area (Å²) in [5, 5.41) is 5.05. The Hall–Kier alpha value is -0.910. The van der Waals surface area contributed by atoms with Crippen molar-refractivity contribution in [1.29, 1.82) is 0 Å². The van der Waals surface area contributed by atoms with Gasteiger partial charge in [-0.2, -0.15) is 0 Å². The van der Waals surface area contributed by atoms with E-state index in [2.05, 4.69) is 10.2 Å². The maximum absolute atomic E-state index is 11.8. The van der Waals surface area contributed by atoms with Crippen molar-refractivity contribution in [2.75, 3.05) is 32.8 Å². The van der Waals surface area contributed by atoms with Gasteiger partial charge in [-0.3, -0.25) is 9.69 Å². The van der Waals surface area contributed by atoms with Gasteiger partial charge in [0.1, 0.15) is 0 Å². The molecule has 1 N–H and O–H groups in total. The van der Waals surface area contributed by atoms with E-state index < -0.39 is 0 Å². The van der Waals surface area contributed by atoms with Crippen LogP contribution in [-0.4, -0.2) is 43.7 Å². The average Bonchev–Trinajstić information content (AvgIpc) is 2.83. The first-order valence-corrected chi connectivity index (χ1v) is 6.76. The SMILES string of the molecule is CC(NC(=O)CN1CCOCC1)c1cccs1. The molecule has 2 rings (SSSR count). The van der Waals surface area contributed by atoms with Gasteiger partial charge in [-0.25, -0.2) is 0 Å². The second-order valence-corrected chi connectivity index (χ2v) is 5.17. The van der Waals surface area contributed by atoms with E-state index in [0.29, 0.717) is 6.54 Å². The molecule has 17 heavy (non-hydrogen) atoms. The fourth-order valence-corrected chi connectivity index (χ4v) is 2.59. The van der Waals surface area contributed by atoms with Gasteiger partial charge in [-0.1, -0.05) is 6.07 Å². The molecule has 1 saturated heterocycles. The first-order chi connectivity index (χ1) is 8.25. The largest absolute Gasteiger partial charge is 0.379 e. The van der Waals surface area contributed by atoms with Crippen LogP contribution < -0.4 is 5.32 Å². The molecule has 1 aromatic rings. The predicted octanol–water partition coefficient (Wildman–Crippen LogP) is 1.26. The first-order valence-electron chi connectivity index (χ1n) is 5.88. The zero-order chi connectivity index (χ0) is 12.1. The number of carbonyl (C=O) groups excluding carboxylic acids is 1. The fraction of sp³-hybridized carbons (Fsp3) is 0.583. The minimum absolute atomic E-state index is 0.0906. The van der Waals surface area contributed by atoms with Crippen molar-refractivity contribution in [2.24, 2.45) is 0 Å². The molecule has 0 saturated carbocycles. The first kappa shape index (κ1) is 12.5. The molecule has 1 aliphatic heterocycles. The number of amides is 1. The van der Waals surface area contributed by atoms with E-state index in [4.69, 9.17) is 4.74 Å². The van der Waals surface area contributed by atoms with Crippen molar-refractivity contribution >= 4 is 17.2 Å². The van der Waals surface area contributed by atoms with Crippen molar-refractivity contribution in [3.63, 3.8) is 0 Å². The van der Waals surface area contributed by atoms with Crippen LogP contribution in [0.15, 0.2) is 17.5 Å². The van der Waals surface area contributed by atoms with Gasteiger partial charge in [0.15, 0.2) is 0 Å². The average molecular weight is 254 g/mol. The predicted molar refractivity (Wildman–Crippen MR) is 68.1 cm³/mol. The molecular weight excluding hydrogens is 236 g/mol. The third-order valence-electron chi connectivity index (χ3n) is 2.82. The third kappa shape index (κ3) is 3.80. The Balaban J connectivity index is 1.76. The van der Waals surface area contributed by atoms with E-state index in [1.54, 1.807) is 11.3 Å². The van der Waals surface area contributed by atoms with Gasteiger partial charge in [0.2, 0.25) is 5.91 Å². The number of ether oxygens (including phenoxy) is 1. The highest BCUT2D eigenvalue weighted by molar-refractivity contribution is 7.10. The normalized spacial score (nSPS) is 18.9. The van der Waals surface area contributed by atoms with Crippen LogP contribution >= 0.6 is 11.3 Å². The summed E-state index contributed by atoms with van der Waals surface area (Å²) in [4.78, 5) is 15.1. The minimum Gasteiger partial charge on any atom is -0.379 e. The van der Waals surface area contributed by atoms with Crippen LogP contribution in [0.25, 0.3) is 0 Å². The second kappa shape index (κ2) is 6.14. The highest BCUT2D eigenvalue weighted by atomic mass is 32.1. The smallest absolute Gasteiger partial charge is 0.234 e. The van der Waals surface area contributed by atoms with Crippen LogP contribution in [0.4, 0.5) is 0 Å². The van der Waals surface area contributed by atoms with E-state index in [1.807, 2.05) is 24.4 Å². The Bertz CT molecular complexity index is 347. The number of carbonyl (C=O) groups is 1. The lowest BCUT2D eigenvalue weighted by molar-refractivity contribution is -0.123. The topological polar surface area (TPSA) is 41.6 Å². The number of nitrogens with one attached hydrogen (secondary N) is 1. The zero-order valence-electron chi connectivity index (χ0n) is 10.0. The van der Waals surface area contributed by atoms with Crippen LogP contribution in [-0.2, 0) is 9.53 Å². The summed E-state index contributed by atoms with van der Waals surface area (Å²) in [5.74, 6) is 0.0906. The molecule has 0 aromatic carbocycles. The van der Waals surface area contributed by atoms with Gasteiger partial charge in [-0.15, -0.1) is 11.3 Å². The molecule has 0 radical (unpaired) electrons. The third-order valence-corrected chi connectivity index (χ3v) is 3.87. The summed E-state index contributed by atoms with van der Waals surface area (Å²) in [7, 11) is 0. The standard InChI is InChI=1S/C12H18N2O2S/c1-10(11-3-2-8-17-11)13-12(15)9-14-4-6-16-7-5-14/h2-3,8,10H,4-7,9H2,1H3,(H,13,15). The van der Waals surface area contributed by atoms with Crippen molar-refractivity contribution < 1.29 is 9.53 Å². The van der Waals surface area contributed by atoms with Gasteiger partial charge in [0, 0.05) is 18.0 Å². The summed E-state index contributed by atoms with van der Waals surface area (Å²) in [6.45, 7) is 5.64. The number of hydrogen-bond donors (Lipinski definition) is 1. The molecule has 94 valence electrons. The molecule has 5 heteroatoms. The number of rotatable bonds is 4. The Morgan fingerprint density at radius 1 is 1.59 bits per heavy atom. The molecule has 0 spiro atoms. The number of nitrogens with zero attached hydrogens (tertiary/aromatic N) is 1. The molecule has 1 atom stereocenters. The highest BCUT2D eigenvalue weighted by Gasteiger charge is 2.16. The lowest BCUT2D eigenvalue weighted by Gasteiger charge is -2.26. The van der Waals surface area contributed by atoms with Crippen molar-refractivity contribution in [3.8, 4) is 0 Å². The summed E-state index contributed by atoms with van der Waals surface area (Å²) in [6.07, 6.45) is 0. The Morgan fingerprint density at radius 2 is 2.35 bits per heavy atom. The molecular formula is C12H18N2O2S. The highest BCUT2D eigenvalue weighted by Crippen LogP contribution is 2.17. The second-order valence-electron chi connectivity index (χ2n) is 4.19. The number of thiophene rings is 1. The van der Waals surface area contributed by atoms with Crippen LogP contribution in [0.3, 0.4) is 0 Å². The minimum atomic E-state index is 0.0906. The molecule has 1 aliphatic rings. The van der Waals surface area contributed by atoms with E-state index in [0.717, 1.165) is 26.3 Å². The molecule has 0 bridgehead atoms. The molecule has 0 aliphatic carbocycles. The zero-order valence-corrected chi connectivity index (χ0v) is 10.8. The van der Waals surface area contributed by atoms with Crippen molar-refractivity contribution in [2.45, 2.75) is 13.0 Å². The quantitative estimate of drug-likeness (QED) is 0.879. The van der Waals surface area contributed by atoms with Crippen molar-refractivity contribution in [3.05, 3.63) is 22.4 Å². The van der Waals surface area contributed by atoms with Gasteiger partial charge in [0.25, 0.3) is 0 Å². The molecule has 2 heterocycles. The lowest BCUT2D eigenvalue weighted by Crippen LogP contribution is -2.43. The monoisotopic (exact) mass is 254 g/mol. The molecule has 1 aromatic heterocycles. The van der Waals surface area contributed by atoms with Crippen molar-refractivity contribution in [1.82, 2.24) is 10.2 Å². The molecule has 4 nitrogen and oxygen atoms in total. The molecule has 1 unspecified atom stereocenters. The lowest BCUT2D eigenvalue weighted by atomic mass is 10.2. The van der Waals surface area contributed by atoms with Crippen LogP contribution in [0.5, 0.6) is 0 Å². The van der Waals surface area contributed by atoms with Gasteiger partial charge < -0.3 is 10.1 Å². The van der Waals surface area contributed by atoms with Gasteiger partial charge in [0.05, 0.1) is 25.8 Å². The summed E-state index contributed by atoms with van der Waals surface area (Å²) >= 11 is 1.67. The maximum Gasteiger partial charge on any atom is 0.234 e. The van der Waals surface area contributed by atoms with E-state index in [-0.39, 0.29) is 11.9 Å². The van der Waals surface area contributed by atoms with Crippen LogP contribution in [0.1, 0.15) is 17.8 Å². The summed E-state index contributed by atoms with van der Waals surface area (Å²) < 4.78 is 5.25. The summed E-state index contributed by atoms with van der Waals surface area (Å²) in [6, 6.07) is 4.15. The Morgan fingerprint density at radius 3 is 3.00 bits per heavy atom. The maximum atomic E-state index is 11.8. The molecule has 1 amide bonds. The van der Waals surface area contributed by atoms with E-state index >= 15 is 0 Å². The fourth-order valence-electron chi connectivity index (χ4n) is 1.86. The number of hydrogen-bond acceptors (Lipinski definition) is 4. The van der Waals surface area contributed by atoms with Crippen LogP contribution in [0.2, 0.25) is 0 Å².